The third-order valence-corrected chi connectivity index (χ3v) is 3.60. The molecule has 0 saturated heterocycles. The summed E-state index contributed by atoms with van der Waals surface area (Å²) in [6, 6.07) is 13.9. The third kappa shape index (κ3) is 2.27. The molecular weight excluding hydrogens is 260 g/mol. The molecule has 4 heteroatoms. The summed E-state index contributed by atoms with van der Waals surface area (Å²) in [4.78, 5) is 4.66. The lowest BCUT2D eigenvalue weighted by Gasteiger charge is -2.07. The molecule has 0 aliphatic carbocycles. The van der Waals surface area contributed by atoms with Gasteiger partial charge in [-0.05, 0) is 25.0 Å². The van der Waals surface area contributed by atoms with Gasteiger partial charge in [0.05, 0.1) is 22.8 Å². The van der Waals surface area contributed by atoms with E-state index in [-0.39, 0.29) is 0 Å². The zero-order chi connectivity index (χ0) is 14.8. The zero-order valence-electron chi connectivity index (χ0n) is 12.2. The van der Waals surface area contributed by atoms with Crippen molar-refractivity contribution in [2.45, 2.75) is 26.7 Å². The van der Waals surface area contributed by atoms with E-state index >= 15 is 0 Å². The number of fused-ring (bicyclic) bond motifs is 1. The van der Waals surface area contributed by atoms with Crippen LogP contribution in [-0.2, 0) is 12.8 Å². The smallest absolute Gasteiger partial charge is 0.155 e. The third-order valence-electron chi connectivity index (χ3n) is 3.60. The molecule has 104 valence electrons. The van der Waals surface area contributed by atoms with Crippen LogP contribution in [0, 0.1) is 11.3 Å². The first-order valence-electron chi connectivity index (χ1n) is 7.15. The second kappa shape index (κ2) is 5.37. The number of para-hydroxylation sites is 1. The molecule has 0 radical (unpaired) electrons. The van der Waals surface area contributed by atoms with Crippen LogP contribution in [0.4, 0.5) is 0 Å². The lowest BCUT2D eigenvalue weighted by atomic mass is 10.1. The number of hydrogen-bond acceptors (Lipinski definition) is 3. The van der Waals surface area contributed by atoms with E-state index < -0.39 is 0 Å². The molecule has 3 aromatic rings. The second-order valence-electron chi connectivity index (χ2n) is 4.90. The predicted octanol–water partition coefficient (Wildman–Crippen LogP) is 3.42. The van der Waals surface area contributed by atoms with Crippen LogP contribution in [0.25, 0.3) is 16.7 Å². The van der Waals surface area contributed by atoms with Gasteiger partial charge in [0.2, 0.25) is 0 Å². The van der Waals surface area contributed by atoms with Crippen LogP contribution >= 0.6 is 0 Å². The van der Waals surface area contributed by atoms with Gasteiger partial charge in [0.25, 0.3) is 0 Å². The summed E-state index contributed by atoms with van der Waals surface area (Å²) in [5.74, 6) is 0.710. The summed E-state index contributed by atoms with van der Waals surface area (Å²) in [6.07, 6.45) is 1.77. The maximum Gasteiger partial charge on any atom is 0.155 e. The highest BCUT2D eigenvalue weighted by atomic mass is 15.3. The van der Waals surface area contributed by atoms with Gasteiger partial charge in [-0.15, -0.1) is 0 Å². The Morgan fingerprint density at radius 1 is 1.14 bits per heavy atom. The molecular formula is C17H16N4. The molecule has 2 heterocycles. The van der Waals surface area contributed by atoms with Gasteiger partial charge in [-0.1, -0.05) is 32.0 Å². The van der Waals surface area contributed by atoms with E-state index in [0.29, 0.717) is 11.4 Å². The van der Waals surface area contributed by atoms with Crippen LogP contribution in [0.3, 0.4) is 0 Å². The standard InChI is InChI=1S/C17H16N4/c1-3-13-10-14(4-2)21(20-13)17-9-12(11-18)15-7-5-6-8-16(15)19-17/h5-10H,3-4H2,1-2H3. The summed E-state index contributed by atoms with van der Waals surface area (Å²) in [6.45, 7) is 4.18. The van der Waals surface area contributed by atoms with Crippen molar-refractivity contribution in [1.29, 1.82) is 5.26 Å². The summed E-state index contributed by atoms with van der Waals surface area (Å²) >= 11 is 0. The minimum atomic E-state index is 0.631. The Hall–Kier alpha value is -2.67. The molecule has 3 rings (SSSR count). The highest BCUT2D eigenvalue weighted by molar-refractivity contribution is 5.85. The maximum absolute atomic E-state index is 9.38. The Kier molecular flexibility index (Phi) is 3.41. The lowest BCUT2D eigenvalue weighted by molar-refractivity contribution is 0.775. The normalized spacial score (nSPS) is 10.7. The van der Waals surface area contributed by atoms with Crippen molar-refractivity contribution in [3.8, 4) is 11.9 Å². The number of rotatable bonds is 3. The van der Waals surface area contributed by atoms with Crippen molar-refractivity contribution in [1.82, 2.24) is 14.8 Å². The Morgan fingerprint density at radius 3 is 2.67 bits per heavy atom. The van der Waals surface area contributed by atoms with Gasteiger partial charge >= 0.3 is 0 Å². The zero-order valence-corrected chi connectivity index (χ0v) is 12.2. The Balaban J connectivity index is 2.26. The van der Waals surface area contributed by atoms with Gasteiger partial charge in [-0.2, -0.15) is 10.4 Å². The van der Waals surface area contributed by atoms with Gasteiger partial charge in [-0.25, -0.2) is 9.67 Å². The SMILES string of the molecule is CCc1cc(CC)n(-c2cc(C#N)c3ccccc3n2)n1. The molecule has 1 aromatic carbocycles. The van der Waals surface area contributed by atoms with Crippen LogP contribution in [0.15, 0.2) is 36.4 Å². The first kappa shape index (κ1) is 13.3. The van der Waals surface area contributed by atoms with E-state index in [0.717, 1.165) is 35.1 Å². The van der Waals surface area contributed by atoms with Crippen molar-refractivity contribution in [3.63, 3.8) is 0 Å². The fourth-order valence-electron chi connectivity index (χ4n) is 2.46. The highest BCUT2D eigenvalue weighted by Crippen LogP contribution is 2.21. The maximum atomic E-state index is 9.38. The summed E-state index contributed by atoms with van der Waals surface area (Å²) in [5.41, 5.74) is 3.60. The fraction of sp³-hybridized carbons (Fsp3) is 0.235. The van der Waals surface area contributed by atoms with Crippen LogP contribution in [-0.4, -0.2) is 14.8 Å². The van der Waals surface area contributed by atoms with Crippen molar-refractivity contribution >= 4 is 10.9 Å². The average molecular weight is 276 g/mol. The minimum Gasteiger partial charge on any atom is -0.229 e. The van der Waals surface area contributed by atoms with Crippen LogP contribution in [0.1, 0.15) is 30.8 Å². The Labute approximate surface area is 123 Å². The molecule has 21 heavy (non-hydrogen) atoms. The molecule has 0 spiro atoms. The number of hydrogen-bond donors (Lipinski definition) is 0. The topological polar surface area (TPSA) is 54.5 Å². The van der Waals surface area contributed by atoms with Gasteiger partial charge in [0.15, 0.2) is 5.82 Å². The molecule has 0 bridgehead atoms. The molecule has 0 fully saturated rings. The lowest BCUT2D eigenvalue weighted by Crippen LogP contribution is -2.05. The average Bonchev–Trinajstić information content (AvgIpc) is 2.97. The van der Waals surface area contributed by atoms with Crippen LogP contribution in [0.2, 0.25) is 0 Å². The summed E-state index contributed by atoms with van der Waals surface area (Å²) in [7, 11) is 0. The molecule has 0 amide bonds. The van der Waals surface area contributed by atoms with Gasteiger partial charge in [0, 0.05) is 17.1 Å². The van der Waals surface area contributed by atoms with E-state index in [2.05, 4.69) is 36.1 Å². The van der Waals surface area contributed by atoms with Gasteiger partial charge < -0.3 is 0 Å². The van der Waals surface area contributed by atoms with Crippen LogP contribution in [0.5, 0.6) is 0 Å². The molecule has 4 nitrogen and oxygen atoms in total. The van der Waals surface area contributed by atoms with Crippen molar-refractivity contribution < 1.29 is 0 Å². The first-order chi connectivity index (χ1) is 10.3. The molecule has 2 aromatic heterocycles. The highest BCUT2D eigenvalue weighted by Gasteiger charge is 2.11. The first-order valence-corrected chi connectivity index (χ1v) is 7.15. The van der Waals surface area contributed by atoms with E-state index in [1.54, 1.807) is 0 Å². The number of aromatic nitrogens is 3. The van der Waals surface area contributed by atoms with Gasteiger partial charge in [-0.3, -0.25) is 0 Å². The predicted molar refractivity (Wildman–Crippen MR) is 82.3 cm³/mol. The van der Waals surface area contributed by atoms with Crippen molar-refractivity contribution in [2.24, 2.45) is 0 Å². The largest absolute Gasteiger partial charge is 0.229 e. The van der Waals surface area contributed by atoms with Crippen LogP contribution < -0.4 is 0 Å². The summed E-state index contributed by atoms with van der Waals surface area (Å²) < 4.78 is 1.85. The second-order valence-corrected chi connectivity index (χ2v) is 4.90. The molecule has 0 unspecified atom stereocenters. The van der Waals surface area contributed by atoms with E-state index in [9.17, 15) is 5.26 Å². The number of benzene rings is 1. The Bertz CT molecular complexity index is 840. The quantitative estimate of drug-likeness (QED) is 0.736. The Morgan fingerprint density at radius 2 is 1.95 bits per heavy atom. The van der Waals surface area contributed by atoms with Gasteiger partial charge in [0.1, 0.15) is 0 Å². The van der Waals surface area contributed by atoms with E-state index in [1.807, 2.05) is 35.0 Å². The summed E-state index contributed by atoms with van der Waals surface area (Å²) in [5, 5.41) is 14.9. The molecule has 0 aliphatic heterocycles. The monoisotopic (exact) mass is 276 g/mol. The number of pyridine rings is 1. The molecule has 0 aliphatic rings. The number of nitriles is 1. The molecule has 0 N–H and O–H groups in total. The fourth-order valence-corrected chi connectivity index (χ4v) is 2.46. The van der Waals surface area contributed by atoms with Crippen molar-refractivity contribution in [3.05, 3.63) is 53.3 Å². The van der Waals surface area contributed by atoms with Crippen molar-refractivity contribution in [2.75, 3.05) is 0 Å². The minimum absolute atomic E-state index is 0.631. The van der Waals surface area contributed by atoms with E-state index in [1.165, 1.54) is 0 Å². The number of nitrogens with zero attached hydrogens (tertiary/aromatic N) is 4. The molecule has 0 saturated carbocycles. The molecule has 0 atom stereocenters. The number of aryl methyl sites for hydroxylation is 2. The van der Waals surface area contributed by atoms with E-state index in [4.69, 9.17) is 0 Å².